The fourth-order valence-corrected chi connectivity index (χ4v) is 3.95. The zero-order valence-corrected chi connectivity index (χ0v) is 15.5. The number of carbonyl (C=O) groups is 1. The fourth-order valence-electron chi connectivity index (χ4n) is 3.65. The second kappa shape index (κ2) is 7.14. The van der Waals surface area contributed by atoms with Gasteiger partial charge in [-0.1, -0.05) is 71.7 Å². The number of rotatable bonds is 3. The van der Waals surface area contributed by atoms with E-state index < -0.39 is 0 Å². The van der Waals surface area contributed by atoms with Crippen molar-refractivity contribution in [1.29, 1.82) is 0 Å². The third-order valence-corrected chi connectivity index (χ3v) is 5.64. The van der Waals surface area contributed by atoms with Crippen LogP contribution in [-0.4, -0.2) is 5.91 Å². The summed E-state index contributed by atoms with van der Waals surface area (Å²) in [7, 11) is 0. The monoisotopic (exact) mass is 381 g/mol. The highest BCUT2D eigenvalue weighted by molar-refractivity contribution is 6.42. The first kappa shape index (κ1) is 17.1. The molecular weight excluding hydrogens is 365 g/mol. The minimum absolute atomic E-state index is 0.0293. The van der Waals surface area contributed by atoms with Crippen molar-refractivity contribution in [3.05, 3.63) is 105 Å². The fraction of sp³-hybridized carbons (Fsp3) is 0.136. The number of hydrogen-bond donors (Lipinski definition) is 1. The van der Waals surface area contributed by atoms with Gasteiger partial charge in [-0.25, -0.2) is 0 Å². The normalized spacial score (nSPS) is 18.4. The molecule has 130 valence electrons. The molecule has 0 bridgehead atoms. The molecule has 0 spiro atoms. The molecule has 4 rings (SSSR count). The van der Waals surface area contributed by atoms with Crippen LogP contribution in [0.25, 0.3) is 0 Å². The van der Waals surface area contributed by atoms with Crippen molar-refractivity contribution < 1.29 is 4.79 Å². The van der Waals surface area contributed by atoms with Crippen LogP contribution in [0, 0.1) is 0 Å². The predicted octanol–water partition coefficient (Wildman–Crippen LogP) is 6.00. The van der Waals surface area contributed by atoms with Gasteiger partial charge in [0.15, 0.2) is 0 Å². The predicted molar refractivity (Wildman–Crippen MR) is 106 cm³/mol. The van der Waals surface area contributed by atoms with Gasteiger partial charge in [0.05, 0.1) is 16.1 Å². The van der Waals surface area contributed by atoms with E-state index >= 15 is 0 Å². The van der Waals surface area contributed by atoms with Crippen LogP contribution in [0.15, 0.2) is 72.8 Å². The van der Waals surface area contributed by atoms with E-state index in [1.165, 1.54) is 5.56 Å². The lowest BCUT2D eigenvalue weighted by molar-refractivity contribution is 0.0936. The summed E-state index contributed by atoms with van der Waals surface area (Å²) in [4.78, 5) is 12.6. The molecule has 0 radical (unpaired) electrons. The molecule has 0 saturated heterocycles. The van der Waals surface area contributed by atoms with Gasteiger partial charge >= 0.3 is 0 Å². The summed E-state index contributed by atoms with van der Waals surface area (Å²) < 4.78 is 0. The molecule has 0 aromatic heterocycles. The lowest BCUT2D eigenvalue weighted by atomic mass is 9.93. The maximum atomic E-state index is 12.6. The van der Waals surface area contributed by atoms with Gasteiger partial charge in [0.25, 0.3) is 5.91 Å². The molecule has 4 heteroatoms. The molecule has 0 saturated carbocycles. The quantitative estimate of drug-likeness (QED) is 0.591. The molecule has 1 N–H and O–H groups in total. The van der Waals surface area contributed by atoms with Gasteiger partial charge in [0.2, 0.25) is 0 Å². The Morgan fingerprint density at radius 3 is 2.27 bits per heavy atom. The number of carbonyl (C=O) groups excluding carboxylic acids is 1. The zero-order chi connectivity index (χ0) is 18.1. The molecule has 0 aliphatic heterocycles. The van der Waals surface area contributed by atoms with Crippen LogP contribution in [0.4, 0.5) is 0 Å². The summed E-state index contributed by atoms with van der Waals surface area (Å²) in [6.07, 6.45) is 0.801. The second-order valence-corrected chi connectivity index (χ2v) is 7.30. The lowest BCUT2D eigenvalue weighted by Crippen LogP contribution is -2.27. The van der Waals surface area contributed by atoms with Crippen molar-refractivity contribution in [2.75, 3.05) is 0 Å². The van der Waals surface area contributed by atoms with Crippen LogP contribution >= 0.6 is 23.2 Å². The van der Waals surface area contributed by atoms with E-state index in [4.69, 9.17) is 23.2 Å². The van der Waals surface area contributed by atoms with E-state index in [1.54, 1.807) is 0 Å². The number of hydrogen-bond acceptors (Lipinski definition) is 1. The summed E-state index contributed by atoms with van der Waals surface area (Å²) in [6, 6.07) is 23.3. The van der Waals surface area contributed by atoms with Gasteiger partial charge in [-0.3, -0.25) is 4.79 Å². The standard InChI is InChI=1S/C22H17Cl2NO/c23-19-11-10-15(12-20(19)24)18-13-21(17-9-5-4-8-16(17)18)25-22(26)14-6-2-1-3-7-14/h1-12,18,21H,13H2,(H,25,26)/t18-,21+/m0/s1. The number of amides is 1. The van der Waals surface area contributed by atoms with Crippen molar-refractivity contribution in [3.8, 4) is 0 Å². The highest BCUT2D eigenvalue weighted by Gasteiger charge is 2.32. The van der Waals surface area contributed by atoms with Crippen molar-refractivity contribution in [2.45, 2.75) is 18.4 Å². The van der Waals surface area contributed by atoms with Gasteiger partial charge in [-0.2, -0.15) is 0 Å². The summed E-state index contributed by atoms with van der Waals surface area (Å²) in [5.41, 5.74) is 4.17. The smallest absolute Gasteiger partial charge is 0.251 e. The molecule has 3 aromatic carbocycles. The molecule has 0 unspecified atom stereocenters. The van der Waals surface area contributed by atoms with E-state index in [1.807, 2.05) is 60.7 Å². The first-order valence-corrected chi connectivity index (χ1v) is 9.29. The third kappa shape index (κ3) is 3.23. The molecular formula is C22H17Cl2NO. The number of nitrogens with one attached hydrogen (secondary N) is 1. The minimum Gasteiger partial charge on any atom is -0.345 e. The Hall–Kier alpha value is -2.29. The summed E-state index contributed by atoms with van der Waals surface area (Å²) in [5.74, 6) is 0.127. The Bertz CT molecular complexity index is 955. The molecule has 1 aliphatic carbocycles. The summed E-state index contributed by atoms with van der Waals surface area (Å²) in [5, 5.41) is 4.28. The largest absolute Gasteiger partial charge is 0.345 e. The maximum absolute atomic E-state index is 12.6. The highest BCUT2D eigenvalue weighted by atomic mass is 35.5. The molecule has 1 aliphatic rings. The molecule has 26 heavy (non-hydrogen) atoms. The molecule has 3 aromatic rings. The number of fused-ring (bicyclic) bond motifs is 1. The zero-order valence-electron chi connectivity index (χ0n) is 14.0. The molecule has 2 atom stereocenters. The van der Waals surface area contributed by atoms with Gasteiger partial charge < -0.3 is 5.32 Å². The van der Waals surface area contributed by atoms with Gasteiger partial charge in [0, 0.05) is 11.5 Å². The Labute approximate surface area is 162 Å². The van der Waals surface area contributed by atoms with E-state index in [9.17, 15) is 4.79 Å². The van der Waals surface area contributed by atoms with Crippen LogP contribution in [0.3, 0.4) is 0 Å². The summed E-state index contributed by atoms with van der Waals surface area (Å²) in [6.45, 7) is 0. The Kier molecular flexibility index (Phi) is 4.71. The van der Waals surface area contributed by atoms with Crippen LogP contribution in [0.5, 0.6) is 0 Å². The first-order valence-electron chi connectivity index (χ1n) is 8.53. The summed E-state index contributed by atoms with van der Waals surface area (Å²) >= 11 is 12.3. The van der Waals surface area contributed by atoms with Gasteiger partial charge in [-0.05, 0) is 47.4 Å². The van der Waals surface area contributed by atoms with Crippen molar-refractivity contribution >= 4 is 29.1 Å². The van der Waals surface area contributed by atoms with Crippen LogP contribution in [0.2, 0.25) is 10.0 Å². The Morgan fingerprint density at radius 2 is 1.54 bits per heavy atom. The van der Waals surface area contributed by atoms with Crippen LogP contribution in [0.1, 0.15) is 45.4 Å². The lowest BCUT2D eigenvalue weighted by Gasteiger charge is -2.15. The van der Waals surface area contributed by atoms with Crippen molar-refractivity contribution in [2.24, 2.45) is 0 Å². The maximum Gasteiger partial charge on any atom is 0.251 e. The van der Waals surface area contributed by atoms with Crippen LogP contribution < -0.4 is 5.32 Å². The average Bonchev–Trinajstić information content (AvgIpc) is 3.03. The SMILES string of the molecule is O=C(N[C@@H]1C[C@@H](c2ccc(Cl)c(Cl)c2)c2ccccc21)c1ccccc1. The molecule has 1 amide bonds. The van der Waals surface area contributed by atoms with Crippen molar-refractivity contribution in [3.63, 3.8) is 0 Å². The van der Waals surface area contributed by atoms with E-state index in [-0.39, 0.29) is 17.9 Å². The second-order valence-electron chi connectivity index (χ2n) is 6.48. The minimum atomic E-state index is -0.0554. The number of benzene rings is 3. The van der Waals surface area contributed by atoms with E-state index in [0.29, 0.717) is 15.6 Å². The van der Waals surface area contributed by atoms with Crippen LogP contribution in [-0.2, 0) is 0 Å². The Morgan fingerprint density at radius 1 is 0.846 bits per heavy atom. The topological polar surface area (TPSA) is 29.1 Å². The number of halogens is 2. The molecule has 2 nitrogen and oxygen atoms in total. The van der Waals surface area contributed by atoms with Crippen molar-refractivity contribution in [1.82, 2.24) is 5.32 Å². The molecule has 0 fully saturated rings. The average molecular weight is 382 g/mol. The Balaban J connectivity index is 1.64. The van der Waals surface area contributed by atoms with Gasteiger partial charge in [-0.15, -0.1) is 0 Å². The van der Waals surface area contributed by atoms with E-state index in [2.05, 4.69) is 17.4 Å². The van der Waals surface area contributed by atoms with E-state index in [0.717, 1.165) is 17.5 Å². The first-order chi connectivity index (χ1) is 12.6. The highest BCUT2D eigenvalue weighted by Crippen LogP contribution is 2.44. The van der Waals surface area contributed by atoms with Gasteiger partial charge in [0.1, 0.15) is 0 Å². The third-order valence-electron chi connectivity index (χ3n) is 4.91. The molecule has 0 heterocycles.